The SMILES string of the molecule is COc1cccc2cc(-c3nnc(NC(=O)c4ccn(C)n4)o3)oc12. The molecular formula is C16H13N5O4. The second-order valence-corrected chi connectivity index (χ2v) is 5.23. The van der Waals surface area contributed by atoms with Crippen molar-refractivity contribution < 1.29 is 18.4 Å². The lowest BCUT2D eigenvalue weighted by Gasteiger charge is -1.98. The van der Waals surface area contributed by atoms with E-state index in [-0.39, 0.29) is 17.6 Å². The average Bonchev–Trinajstić information content (AvgIpc) is 3.32. The zero-order valence-corrected chi connectivity index (χ0v) is 13.4. The van der Waals surface area contributed by atoms with E-state index in [1.165, 1.54) is 4.68 Å². The highest BCUT2D eigenvalue weighted by Crippen LogP contribution is 2.33. The van der Waals surface area contributed by atoms with Crippen LogP contribution in [0.1, 0.15) is 10.5 Å². The number of carbonyl (C=O) groups excluding carboxylic acids is 1. The molecule has 126 valence electrons. The molecule has 1 amide bonds. The van der Waals surface area contributed by atoms with Gasteiger partial charge in [-0.05, 0) is 18.2 Å². The molecule has 1 aromatic carbocycles. The van der Waals surface area contributed by atoms with Gasteiger partial charge in [0.15, 0.2) is 22.8 Å². The molecular weight excluding hydrogens is 326 g/mol. The van der Waals surface area contributed by atoms with Gasteiger partial charge in [0, 0.05) is 18.6 Å². The van der Waals surface area contributed by atoms with Gasteiger partial charge in [0.2, 0.25) is 0 Å². The molecule has 0 bridgehead atoms. The summed E-state index contributed by atoms with van der Waals surface area (Å²) in [6, 6.07) is 8.83. The minimum absolute atomic E-state index is 0.0434. The van der Waals surface area contributed by atoms with Gasteiger partial charge >= 0.3 is 6.01 Å². The number of ether oxygens (including phenoxy) is 1. The van der Waals surface area contributed by atoms with E-state index >= 15 is 0 Å². The van der Waals surface area contributed by atoms with Gasteiger partial charge in [-0.2, -0.15) is 5.10 Å². The van der Waals surface area contributed by atoms with Gasteiger partial charge in [-0.3, -0.25) is 14.8 Å². The maximum Gasteiger partial charge on any atom is 0.322 e. The molecule has 0 aliphatic rings. The van der Waals surface area contributed by atoms with Crippen LogP contribution in [0.4, 0.5) is 6.01 Å². The number of carbonyl (C=O) groups is 1. The van der Waals surface area contributed by atoms with Crippen molar-refractivity contribution in [1.82, 2.24) is 20.0 Å². The van der Waals surface area contributed by atoms with Crippen molar-refractivity contribution in [3.8, 4) is 17.4 Å². The summed E-state index contributed by atoms with van der Waals surface area (Å²) < 4.78 is 18.0. The molecule has 0 aliphatic heterocycles. The van der Waals surface area contributed by atoms with Crippen LogP contribution in [-0.2, 0) is 7.05 Å². The summed E-state index contributed by atoms with van der Waals surface area (Å²) in [6.07, 6.45) is 1.66. The molecule has 0 atom stereocenters. The summed E-state index contributed by atoms with van der Waals surface area (Å²) in [5.41, 5.74) is 0.827. The smallest absolute Gasteiger partial charge is 0.322 e. The Morgan fingerprint density at radius 1 is 1.24 bits per heavy atom. The Morgan fingerprint density at radius 2 is 2.12 bits per heavy atom. The van der Waals surface area contributed by atoms with E-state index < -0.39 is 5.91 Å². The Bertz CT molecular complexity index is 1060. The van der Waals surface area contributed by atoms with Gasteiger partial charge in [0.25, 0.3) is 11.8 Å². The number of amides is 1. The lowest BCUT2D eigenvalue weighted by atomic mass is 10.2. The number of fused-ring (bicyclic) bond motifs is 1. The molecule has 0 saturated carbocycles. The van der Waals surface area contributed by atoms with Crippen molar-refractivity contribution >= 4 is 22.9 Å². The summed E-state index contributed by atoms with van der Waals surface area (Å²) in [7, 11) is 3.28. The highest BCUT2D eigenvalue weighted by atomic mass is 16.5. The molecule has 1 N–H and O–H groups in total. The molecule has 25 heavy (non-hydrogen) atoms. The standard InChI is InChI=1S/C16H13N5O4/c1-21-7-6-10(20-21)14(22)17-16-19-18-15(25-16)12-8-9-4-3-5-11(23-2)13(9)24-12/h3-8H,1-2H3,(H,17,19,22). The van der Waals surface area contributed by atoms with Gasteiger partial charge in [-0.25, -0.2) is 0 Å². The summed E-state index contributed by atoms with van der Waals surface area (Å²) in [5, 5.41) is 15.0. The zero-order chi connectivity index (χ0) is 17.4. The molecule has 4 rings (SSSR count). The number of aryl methyl sites for hydroxylation is 1. The van der Waals surface area contributed by atoms with Crippen molar-refractivity contribution in [1.29, 1.82) is 0 Å². The van der Waals surface area contributed by atoms with E-state index in [9.17, 15) is 4.79 Å². The molecule has 3 heterocycles. The van der Waals surface area contributed by atoms with Crippen LogP contribution in [0.5, 0.6) is 5.75 Å². The van der Waals surface area contributed by atoms with Crippen molar-refractivity contribution in [2.45, 2.75) is 0 Å². The number of nitrogens with zero attached hydrogens (tertiary/aromatic N) is 4. The Labute approximate surface area is 141 Å². The number of hydrogen-bond donors (Lipinski definition) is 1. The van der Waals surface area contributed by atoms with Crippen molar-refractivity contribution in [2.24, 2.45) is 7.05 Å². The van der Waals surface area contributed by atoms with Crippen molar-refractivity contribution in [3.63, 3.8) is 0 Å². The summed E-state index contributed by atoms with van der Waals surface area (Å²) in [6.45, 7) is 0. The number of aromatic nitrogens is 4. The largest absolute Gasteiger partial charge is 0.493 e. The maximum absolute atomic E-state index is 12.0. The Hall–Kier alpha value is -3.62. The summed E-state index contributed by atoms with van der Waals surface area (Å²) in [4.78, 5) is 12.0. The van der Waals surface area contributed by atoms with E-state index in [2.05, 4.69) is 20.6 Å². The van der Waals surface area contributed by atoms with Crippen LogP contribution in [0.25, 0.3) is 22.6 Å². The highest BCUT2D eigenvalue weighted by molar-refractivity contribution is 6.01. The van der Waals surface area contributed by atoms with Gasteiger partial charge in [0.1, 0.15) is 0 Å². The number of anilines is 1. The van der Waals surface area contributed by atoms with E-state index in [1.807, 2.05) is 12.1 Å². The van der Waals surface area contributed by atoms with Crippen LogP contribution in [0, 0.1) is 0 Å². The second-order valence-electron chi connectivity index (χ2n) is 5.23. The molecule has 4 aromatic rings. The van der Waals surface area contributed by atoms with E-state index in [0.717, 1.165) is 5.39 Å². The molecule has 0 aliphatic carbocycles. The first-order valence-corrected chi connectivity index (χ1v) is 7.35. The number of hydrogen-bond acceptors (Lipinski definition) is 7. The van der Waals surface area contributed by atoms with E-state index in [0.29, 0.717) is 17.1 Å². The Kier molecular flexibility index (Phi) is 3.46. The predicted octanol–water partition coefficient (Wildman–Crippen LogP) is 2.48. The van der Waals surface area contributed by atoms with E-state index in [4.69, 9.17) is 13.6 Å². The topological polar surface area (TPSA) is 108 Å². The third kappa shape index (κ3) is 2.71. The Balaban J connectivity index is 1.60. The van der Waals surface area contributed by atoms with E-state index in [1.54, 1.807) is 38.6 Å². The highest BCUT2D eigenvalue weighted by Gasteiger charge is 2.18. The maximum atomic E-state index is 12.0. The van der Waals surface area contributed by atoms with Crippen molar-refractivity contribution in [2.75, 3.05) is 12.4 Å². The third-order valence-corrected chi connectivity index (χ3v) is 3.53. The average molecular weight is 339 g/mol. The lowest BCUT2D eigenvalue weighted by molar-refractivity contribution is 0.101. The minimum atomic E-state index is -0.443. The number of methoxy groups -OCH3 is 1. The molecule has 9 nitrogen and oxygen atoms in total. The Morgan fingerprint density at radius 3 is 2.88 bits per heavy atom. The van der Waals surface area contributed by atoms with Crippen LogP contribution < -0.4 is 10.1 Å². The second kappa shape index (κ2) is 5.78. The van der Waals surface area contributed by atoms with Crippen LogP contribution in [-0.4, -0.2) is 33.0 Å². The normalized spacial score (nSPS) is 11.0. The molecule has 0 unspecified atom stereocenters. The number of benzene rings is 1. The molecule has 0 saturated heterocycles. The monoisotopic (exact) mass is 339 g/mol. The van der Waals surface area contributed by atoms with Crippen LogP contribution in [0.3, 0.4) is 0 Å². The summed E-state index contributed by atoms with van der Waals surface area (Å²) in [5.74, 6) is 0.689. The quantitative estimate of drug-likeness (QED) is 0.608. The fourth-order valence-electron chi connectivity index (χ4n) is 2.37. The van der Waals surface area contributed by atoms with Gasteiger partial charge in [0.05, 0.1) is 7.11 Å². The molecule has 0 radical (unpaired) electrons. The minimum Gasteiger partial charge on any atom is -0.493 e. The molecule has 9 heteroatoms. The first kappa shape index (κ1) is 14.9. The number of rotatable bonds is 4. The predicted molar refractivity (Wildman–Crippen MR) is 87.2 cm³/mol. The summed E-state index contributed by atoms with van der Waals surface area (Å²) >= 11 is 0. The van der Waals surface area contributed by atoms with Crippen LogP contribution in [0.2, 0.25) is 0 Å². The van der Waals surface area contributed by atoms with Gasteiger partial charge in [-0.15, -0.1) is 5.10 Å². The number of furan rings is 1. The van der Waals surface area contributed by atoms with Crippen LogP contribution >= 0.6 is 0 Å². The van der Waals surface area contributed by atoms with Gasteiger partial charge < -0.3 is 13.6 Å². The van der Waals surface area contributed by atoms with Crippen LogP contribution in [0.15, 0.2) is 45.4 Å². The third-order valence-electron chi connectivity index (χ3n) is 3.53. The fourth-order valence-corrected chi connectivity index (χ4v) is 2.37. The van der Waals surface area contributed by atoms with Gasteiger partial charge in [-0.1, -0.05) is 17.2 Å². The number of para-hydroxylation sites is 1. The lowest BCUT2D eigenvalue weighted by Crippen LogP contribution is -2.13. The fraction of sp³-hybridized carbons (Fsp3) is 0.125. The molecule has 0 fully saturated rings. The number of nitrogens with one attached hydrogen (secondary N) is 1. The van der Waals surface area contributed by atoms with Crippen molar-refractivity contribution in [3.05, 3.63) is 42.2 Å². The molecule has 0 spiro atoms. The first-order valence-electron chi connectivity index (χ1n) is 7.35. The first-order chi connectivity index (χ1) is 12.1. The molecule has 3 aromatic heterocycles. The zero-order valence-electron chi connectivity index (χ0n) is 13.4.